The highest BCUT2D eigenvalue weighted by Gasteiger charge is 2.25. The van der Waals surface area contributed by atoms with Gasteiger partial charge in [-0.25, -0.2) is 0 Å². The highest BCUT2D eigenvalue weighted by molar-refractivity contribution is 7.28. The highest BCUT2D eigenvalue weighted by Crippen LogP contribution is 2.46. The minimum Gasteiger partial charge on any atom is -0.142 e. The zero-order valence-electron chi connectivity index (χ0n) is 16.1. The van der Waals surface area contributed by atoms with Gasteiger partial charge < -0.3 is 0 Å². The summed E-state index contributed by atoms with van der Waals surface area (Å²) < 4.78 is 2.93. The van der Waals surface area contributed by atoms with Crippen molar-refractivity contribution in [2.75, 3.05) is 0 Å². The van der Waals surface area contributed by atoms with Crippen LogP contribution in [0.4, 0.5) is 0 Å². The Bertz CT molecular complexity index is 893. The molecular weight excluding hydrogens is 328 g/mol. The molecule has 0 atom stereocenters. The summed E-state index contributed by atoms with van der Waals surface area (Å²) in [5.41, 5.74) is 7.48. The van der Waals surface area contributed by atoms with E-state index in [1.165, 1.54) is 42.1 Å². The van der Waals surface area contributed by atoms with Gasteiger partial charge in [-0.15, -0.1) is 22.7 Å². The maximum Gasteiger partial charge on any atom is 0.0534 e. The quantitative estimate of drug-likeness (QED) is 0.416. The summed E-state index contributed by atoms with van der Waals surface area (Å²) in [6, 6.07) is 7.14. The molecule has 2 aromatic heterocycles. The lowest BCUT2D eigenvalue weighted by Crippen LogP contribution is -2.17. The molecule has 0 saturated carbocycles. The van der Waals surface area contributed by atoms with Crippen molar-refractivity contribution in [2.24, 2.45) is 0 Å². The Kier molecular flexibility index (Phi) is 4.21. The summed E-state index contributed by atoms with van der Waals surface area (Å²) in [6.45, 7) is 18.4. The second-order valence-electron chi connectivity index (χ2n) is 8.87. The minimum absolute atomic E-state index is 0.129. The van der Waals surface area contributed by atoms with Crippen LogP contribution in [0.2, 0.25) is 0 Å². The van der Waals surface area contributed by atoms with E-state index >= 15 is 0 Å². The van der Waals surface area contributed by atoms with E-state index in [9.17, 15) is 0 Å². The van der Waals surface area contributed by atoms with E-state index in [1.54, 1.807) is 0 Å². The summed E-state index contributed by atoms with van der Waals surface area (Å²) in [6.07, 6.45) is 0. The van der Waals surface area contributed by atoms with Gasteiger partial charge in [0, 0.05) is 15.1 Å². The van der Waals surface area contributed by atoms with Crippen molar-refractivity contribution in [1.82, 2.24) is 0 Å². The molecule has 1 aromatic carbocycles. The first-order valence-corrected chi connectivity index (χ1v) is 10.3. The molecule has 3 aromatic rings. The molecule has 0 saturated heterocycles. The van der Waals surface area contributed by atoms with E-state index in [-0.39, 0.29) is 10.8 Å². The van der Waals surface area contributed by atoms with Crippen molar-refractivity contribution < 1.29 is 0 Å². The Hall–Kier alpha value is -1.12. The van der Waals surface area contributed by atoms with Gasteiger partial charge in [-0.2, -0.15) is 0 Å². The van der Waals surface area contributed by atoms with Crippen LogP contribution in [-0.4, -0.2) is 0 Å². The fraction of sp³-hybridized carbons (Fsp3) is 0.455. The van der Waals surface area contributed by atoms with Crippen LogP contribution in [0, 0.1) is 13.8 Å². The third kappa shape index (κ3) is 2.95. The van der Waals surface area contributed by atoms with Crippen LogP contribution in [0.25, 0.3) is 20.5 Å². The molecule has 128 valence electrons. The van der Waals surface area contributed by atoms with Crippen molar-refractivity contribution in [1.29, 1.82) is 0 Å². The lowest BCUT2D eigenvalue weighted by molar-refractivity contribution is 0.570. The molecule has 3 rings (SSSR count). The van der Waals surface area contributed by atoms with E-state index in [1.807, 2.05) is 22.7 Å². The van der Waals surface area contributed by atoms with Crippen LogP contribution < -0.4 is 0 Å². The van der Waals surface area contributed by atoms with E-state index in [2.05, 4.69) is 79.0 Å². The molecule has 0 aliphatic rings. The van der Waals surface area contributed by atoms with Gasteiger partial charge in [0.2, 0.25) is 0 Å². The molecule has 0 radical (unpaired) electrons. The number of fused-ring (bicyclic) bond motifs is 1. The average molecular weight is 357 g/mol. The SMILES string of the molecule is Cc1sc2c(C)csc2c1-c1ccc(C(C)(C)C)cc1C(C)(C)C. The van der Waals surface area contributed by atoms with Crippen molar-refractivity contribution in [2.45, 2.75) is 66.2 Å². The van der Waals surface area contributed by atoms with Crippen LogP contribution in [0.15, 0.2) is 23.6 Å². The smallest absolute Gasteiger partial charge is 0.0534 e. The number of aryl methyl sites for hydroxylation is 2. The van der Waals surface area contributed by atoms with Gasteiger partial charge in [0.1, 0.15) is 0 Å². The Morgan fingerprint density at radius 1 is 0.833 bits per heavy atom. The van der Waals surface area contributed by atoms with Gasteiger partial charge in [-0.3, -0.25) is 0 Å². The molecule has 0 N–H and O–H groups in total. The number of benzene rings is 1. The zero-order valence-corrected chi connectivity index (χ0v) is 17.8. The molecular formula is C22H28S2. The Balaban J connectivity index is 2.32. The molecule has 24 heavy (non-hydrogen) atoms. The zero-order chi connectivity index (χ0) is 17.9. The third-order valence-electron chi connectivity index (χ3n) is 4.72. The monoisotopic (exact) mass is 356 g/mol. The first kappa shape index (κ1) is 17.7. The van der Waals surface area contributed by atoms with Gasteiger partial charge in [0.15, 0.2) is 0 Å². The molecule has 0 nitrogen and oxygen atoms in total. The van der Waals surface area contributed by atoms with Gasteiger partial charge in [-0.1, -0.05) is 59.7 Å². The lowest BCUT2D eigenvalue weighted by atomic mass is 9.77. The Labute approximate surface area is 154 Å². The highest BCUT2D eigenvalue weighted by atomic mass is 32.1. The Morgan fingerprint density at radius 2 is 1.50 bits per heavy atom. The van der Waals surface area contributed by atoms with E-state index in [0.717, 1.165) is 0 Å². The summed E-state index contributed by atoms with van der Waals surface area (Å²) >= 11 is 3.84. The first-order valence-electron chi connectivity index (χ1n) is 8.62. The molecule has 0 amide bonds. The summed E-state index contributed by atoms with van der Waals surface area (Å²) in [4.78, 5) is 1.44. The first-order chi connectivity index (χ1) is 11.0. The van der Waals surface area contributed by atoms with Crippen molar-refractivity contribution in [3.05, 3.63) is 45.1 Å². The van der Waals surface area contributed by atoms with Crippen molar-refractivity contribution in [3.63, 3.8) is 0 Å². The van der Waals surface area contributed by atoms with Crippen LogP contribution in [0.1, 0.15) is 63.1 Å². The minimum atomic E-state index is 0.129. The molecule has 0 spiro atoms. The fourth-order valence-electron chi connectivity index (χ4n) is 3.26. The molecule has 2 heterocycles. The van der Waals surface area contributed by atoms with Gasteiger partial charge in [0.25, 0.3) is 0 Å². The maximum absolute atomic E-state index is 2.44. The number of hydrogen-bond acceptors (Lipinski definition) is 2. The second-order valence-corrected chi connectivity index (χ2v) is 11.0. The fourth-order valence-corrected chi connectivity index (χ4v) is 5.76. The van der Waals surface area contributed by atoms with Crippen LogP contribution in [0.3, 0.4) is 0 Å². The number of thiophene rings is 2. The van der Waals surface area contributed by atoms with Crippen LogP contribution in [-0.2, 0) is 10.8 Å². The molecule has 0 aliphatic heterocycles. The maximum atomic E-state index is 2.44. The predicted octanol–water partition coefficient (Wildman–Crippen LogP) is 7.84. The van der Waals surface area contributed by atoms with Crippen molar-refractivity contribution >= 4 is 32.1 Å². The molecule has 0 unspecified atom stereocenters. The lowest BCUT2D eigenvalue weighted by Gasteiger charge is -2.27. The van der Waals surface area contributed by atoms with Gasteiger partial charge in [-0.05, 0) is 52.3 Å². The van der Waals surface area contributed by atoms with E-state index in [4.69, 9.17) is 0 Å². The molecule has 0 fully saturated rings. The summed E-state index contributed by atoms with van der Waals surface area (Å²) in [5.74, 6) is 0. The van der Waals surface area contributed by atoms with Crippen LogP contribution in [0.5, 0.6) is 0 Å². The van der Waals surface area contributed by atoms with Gasteiger partial charge >= 0.3 is 0 Å². The topological polar surface area (TPSA) is 0 Å². The average Bonchev–Trinajstić information content (AvgIpc) is 2.95. The predicted molar refractivity (Wildman–Crippen MR) is 112 cm³/mol. The third-order valence-corrected chi connectivity index (χ3v) is 7.20. The van der Waals surface area contributed by atoms with E-state index in [0.29, 0.717) is 0 Å². The molecule has 2 heteroatoms. The number of rotatable bonds is 1. The summed E-state index contributed by atoms with van der Waals surface area (Å²) in [7, 11) is 0. The Morgan fingerprint density at radius 3 is 2.08 bits per heavy atom. The second kappa shape index (κ2) is 5.71. The standard InChI is InChI=1S/C22H28S2/c1-13-12-23-20-18(14(2)24-19(13)20)16-10-9-15(21(3,4)5)11-17(16)22(6,7)8/h9-12H,1-8H3. The van der Waals surface area contributed by atoms with Crippen LogP contribution >= 0.6 is 22.7 Å². The van der Waals surface area contributed by atoms with Gasteiger partial charge in [0.05, 0.1) is 4.70 Å². The molecule has 0 aliphatic carbocycles. The summed E-state index contributed by atoms with van der Waals surface area (Å²) in [5, 5.41) is 2.30. The largest absolute Gasteiger partial charge is 0.142 e. The molecule has 0 bridgehead atoms. The normalized spacial score (nSPS) is 13.0. The number of hydrogen-bond donors (Lipinski definition) is 0. The van der Waals surface area contributed by atoms with Crippen molar-refractivity contribution in [3.8, 4) is 11.1 Å². The van der Waals surface area contributed by atoms with E-state index < -0.39 is 0 Å².